The van der Waals surface area contributed by atoms with Crippen molar-refractivity contribution >= 4 is 35.5 Å². The lowest BCUT2D eigenvalue weighted by Crippen LogP contribution is -2.42. The molecule has 3 rings (SSSR count). The molecule has 1 heterocycles. The Bertz CT molecular complexity index is 1250. The second-order valence-electron chi connectivity index (χ2n) is 15.7. The van der Waals surface area contributed by atoms with E-state index in [9.17, 15) is 14.7 Å². The van der Waals surface area contributed by atoms with Crippen molar-refractivity contribution in [3.63, 3.8) is 0 Å². The molecule has 1 saturated heterocycles. The Balaban J connectivity index is 1.95. The first-order chi connectivity index (χ1) is 23.3. The first-order valence-corrected chi connectivity index (χ1v) is 21.3. The van der Waals surface area contributed by atoms with Gasteiger partial charge in [0, 0.05) is 5.92 Å². The summed E-state index contributed by atoms with van der Waals surface area (Å²) in [6.07, 6.45) is 10.9. The van der Waals surface area contributed by atoms with Gasteiger partial charge in [0.05, 0.1) is 22.0 Å². The van der Waals surface area contributed by atoms with Crippen molar-refractivity contribution in [2.75, 3.05) is 11.5 Å². The molecule has 2 aromatic rings. The van der Waals surface area contributed by atoms with E-state index in [-0.39, 0.29) is 23.9 Å². The van der Waals surface area contributed by atoms with E-state index in [1.54, 1.807) is 0 Å². The van der Waals surface area contributed by atoms with Gasteiger partial charge in [-0.3, -0.25) is 9.59 Å². The van der Waals surface area contributed by atoms with E-state index >= 15 is 0 Å². The number of rotatable bonds is 21. The molecule has 0 spiro atoms. The lowest BCUT2D eigenvalue weighted by atomic mass is 9.66. The van der Waals surface area contributed by atoms with Gasteiger partial charge in [0.25, 0.3) is 0 Å². The Morgan fingerprint density at radius 1 is 0.796 bits per heavy atom. The minimum Gasteiger partial charge on any atom is -0.481 e. The highest BCUT2D eigenvalue weighted by molar-refractivity contribution is 8.17. The van der Waals surface area contributed by atoms with E-state index in [2.05, 4.69) is 114 Å². The van der Waals surface area contributed by atoms with E-state index < -0.39 is 11.4 Å². The van der Waals surface area contributed by atoms with Crippen LogP contribution in [0.25, 0.3) is 0 Å². The number of unbranched alkanes of at least 4 members (excludes halogenated alkanes) is 1. The second-order valence-corrected chi connectivity index (χ2v) is 18.5. The summed E-state index contributed by atoms with van der Waals surface area (Å²) in [5.74, 6) is 3.05. The highest BCUT2D eigenvalue weighted by atomic mass is 32.2. The Labute approximate surface area is 307 Å². The maximum absolute atomic E-state index is 14.5. The van der Waals surface area contributed by atoms with Gasteiger partial charge in [-0.15, -0.1) is 23.5 Å². The van der Waals surface area contributed by atoms with Gasteiger partial charge < -0.3 is 9.84 Å². The maximum atomic E-state index is 14.5. The van der Waals surface area contributed by atoms with Crippen LogP contribution in [-0.4, -0.2) is 39.2 Å². The first kappa shape index (κ1) is 41.5. The first-order valence-electron chi connectivity index (χ1n) is 19.2. The molecule has 49 heavy (non-hydrogen) atoms. The van der Waals surface area contributed by atoms with Gasteiger partial charge in [-0.2, -0.15) is 0 Å². The number of carbonyl (C=O) groups is 2. The lowest BCUT2D eigenvalue weighted by molar-refractivity contribution is -0.156. The number of hydrogen-bond acceptors (Lipinski definition) is 5. The Morgan fingerprint density at radius 2 is 1.33 bits per heavy atom. The summed E-state index contributed by atoms with van der Waals surface area (Å²) in [5, 5.41) is 9.37. The normalized spacial score (nSPS) is 17.8. The fourth-order valence-corrected chi connectivity index (χ4v) is 10.5. The van der Waals surface area contributed by atoms with E-state index in [0.717, 1.165) is 69.8 Å². The fraction of sp³-hybridized carbons (Fsp3) is 0.674. The number of carboxylic acids is 1. The van der Waals surface area contributed by atoms with Crippen LogP contribution in [-0.2, 0) is 32.6 Å². The molecule has 5 atom stereocenters. The molecule has 4 nitrogen and oxygen atoms in total. The SMILES string of the molecule is CCC(C)OC(=O)C(C)(c1ccc(CC(C)C)cc1)C(CCCC(CCCCC(C)C(=O)O)C1SCCCS1)c1ccc(CC(C)C)cc1. The number of carboxylic acid groups (broad SMARTS) is 1. The number of hydrogen-bond donors (Lipinski definition) is 1. The Morgan fingerprint density at radius 3 is 1.86 bits per heavy atom. The smallest absolute Gasteiger partial charge is 0.317 e. The zero-order valence-corrected chi connectivity index (χ0v) is 33.5. The van der Waals surface area contributed by atoms with Gasteiger partial charge >= 0.3 is 11.9 Å². The summed E-state index contributed by atoms with van der Waals surface area (Å²) in [6.45, 7) is 17.0. The van der Waals surface area contributed by atoms with Gasteiger partial charge in [0.2, 0.25) is 0 Å². The molecule has 1 aliphatic heterocycles. The van der Waals surface area contributed by atoms with E-state index in [4.69, 9.17) is 4.74 Å². The van der Waals surface area contributed by atoms with Crippen LogP contribution in [0.5, 0.6) is 0 Å². The number of ether oxygens (including phenoxy) is 1. The molecule has 6 heteroatoms. The summed E-state index contributed by atoms with van der Waals surface area (Å²) in [4.78, 5) is 25.9. The van der Waals surface area contributed by atoms with Gasteiger partial charge in [-0.05, 0) is 117 Å². The number of carbonyl (C=O) groups excluding carboxylic acids is 1. The molecule has 0 radical (unpaired) electrons. The number of esters is 1. The van der Waals surface area contributed by atoms with Crippen LogP contribution in [0.2, 0.25) is 0 Å². The third kappa shape index (κ3) is 13.0. The molecular formula is C43H66O4S2. The number of thioether (sulfide) groups is 2. The van der Waals surface area contributed by atoms with E-state index in [1.807, 2.05) is 13.8 Å². The third-order valence-electron chi connectivity index (χ3n) is 10.4. The predicted molar refractivity (Wildman–Crippen MR) is 212 cm³/mol. The monoisotopic (exact) mass is 710 g/mol. The molecule has 0 amide bonds. The maximum Gasteiger partial charge on any atom is 0.317 e. The van der Waals surface area contributed by atoms with Crippen molar-refractivity contribution in [2.24, 2.45) is 23.7 Å². The van der Waals surface area contributed by atoms with Crippen molar-refractivity contribution in [2.45, 2.75) is 148 Å². The quantitative estimate of drug-likeness (QED) is 0.103. The van der Waals surface area contributed by atoms with E-state index in [1.165, 1.54) is 34.6 Å². The topological polar surface area (TPSA) is 63.6 Å². The van der Waals surface area contributed by atoms with Crippen molar-refractivity contribution in [1.29, 1.82) is 0 Å². The predicted octanol–water partition coefficient (Wildman–Crippen LogP) is 11.7. The molecule has 0 aromatic heterocycles. The second kappa shape index (κ2) is 20.8. The van der Waals surface area contributed by atoms with Gasteiger partial charge in [0.1, 0.15) is 0 Å². The fourth-order valence-electron chi connectivity index (χ4n) is 7.21. The highest BCUT2D eigenvalue weighted by Gasteiger charge is 2.45. The molecule has 1 fully saturated rings. The summed E-state index contributed by atoms with van der Waals surface area (Å²) >= 11 is 4.24. The van der Waals surface area contributed by atoms with Gasteiger partial charge in [0.15, 0.2) is 0 Å². The Hall–Kier alpha value is -1.92. The average molecular weight is 711 g/mol. The van der Waals surface area contributed by atoms with Crippen LogP contribution < -0.4 is 0 Å². The largest absolute Gasteiger partial charge is 0.481 e. The van der Waals surface area contributed by atoms with Crippen LogP contribution in [0, 0.1) is 23.7 Å². The van der Waals surface area contributed by atoms with Gasteiger partial charge in [-0.25, -0.2) is 0 Å². The minimum absolute atomic E-state index is 0.0307. The minimum atomic E-state index is -0.837. The average Bonchev–Trinajstić information content (AvgIpc) is 3.07. The lowest BCUT2D eigenvalue weighted by Gasteiger charge is -2.38. The van der Waals surface area contributed by atoms with Crippen LogP contribution in [0.1, 0.15) is 141 Å². The zero-order valence-electron chi connectivity index (χ0n) is 31.8. The summed E-state index contributed by atoms with van der Waals surface area (Å²) < 4.78 is 6.82. The summed E-state index contributed by atoms with van der Waals surface area (Å²) in [5.41, 5.74) is 4.04. The molecular weight excluding hydrogens is 645 g/mol. The number of aliphatic carboxylic acids is 1. The summed E-state index contributed by atoms with van der Waals surface area (Å²) in [7, 11) is 0. The summed E-state index contributed by atoms with van der Waals surface area (Å²) in [6, 6.07) is 17.9. The molecule has 274 valence electrons. The van der Waals surface area contributed by atoms with Crippen molar-refractivity contribution in [3.05, 3.63) is 70.8 Å². The zero-order chi connectivity index (χ0) is 36.0. The van der Waals surface area contributed by atoms with Crippen molar-refractivity contribution < 1.29 is 19.4 Å². The van der Waals surface area contributed by atoms with Crippen LogP contribution >= 0.6 is 23.5 Å². The van der Waals surface area contributed by atoms with E-state index in [0.29, 0.717) is 22.3 Å². The molecule has 1 aliphatic rings. The molecule has 0 saturated carbocycles. The molecule has 2 aromatic carbocycles. The third-order valence-corrected chi connectivity index (χ3v) is 13.7. The van der Waals surface area contributed by atoms with Crippen molar-refractivity contribution in [3.8, 4) is 0 Å². The van der Waals surface area contributed by atoms with Crippen LogP contribution in [0.3, 0.4) is 0 Å². The molecule has 0 bridgehead atoms. The highest BCUT2D eigenvalue weighted by Crippen LogP contribution is 2.46. The Kier molecular flexibility index (Phi) is 17.6. The standard InChI is InChI=1S/C43H66O4S2/c1-9-33(7)47-42(46)43(8,38-24-20-35(21-25-38)29-31(4)5)39(36-22-18-34(19-23-36)28-30(2)3)17-12-16-37(41-48-26-13-27-49-41)15-11-10-14-32(6)40(44)45/h18-25,30-33,37,39,41H,9-17,26-29H2,1-8H3,(H,44,45). The molecule has 0 aliphatic carbocycles. The molecule has 1 N–H and O–H groups in total. The van der Waals surface area contributed by atoms with Gasteiger partial charge in [-0.1, -0.05) is 109 Å². The molecule has 5 unspecified atom stereocenters. The number of benzene rings is 2. The van der Waals surface area contributed by atoms with Crippen LogP contribution in [0.15, 0.2) is 48.5 Å². The van der Waals surface area contributed by atoms with Crippen LogP contribution in [0.4, 0.5) is 0 Å². The van der Waals surface area contributed by atoms with Crippen molar-refractivity contribution in [1.82, 2.24) is 0 Å².